The molecule has 0 saturated heterocycles. The maximum absolute atomic E-state index is 9.56. The first-order chi connectivity index (χ1) is 5.29. The molecule has 0 aromatic carbocycles. The van der Waals surface area contributed by atoms with Crippen molar-refractivity contribution in [1.82, 2.24) is 0 Å². The van der Waals surface area contributed by atoms with Gasteiger partial charge < -0.3 is 30.0 Å². The van der Waals surface area contributed by atoms with Crippen molar-refractivity contribution in [3.63, 3.8) is 0 Å². The summed E-state index contributed by atoms with van der Waals surface area (Å²) < 4.78 is 0. The third kappa shape index (κ3) is 18.6. The first-order valence-electron chi connectivity index (χ1n) is 3.04. The number of carbonyl (C=O) groups is 2. The van der Waals surface area contributed by atoms with E-state index in [1.165, 1.54) is 0 Å². The van der Waals surface area contributed by atoms with E-state index in [0.29, 0.717) is 0 Å². The minimum absolute atomic E-state index is 0. The van der Waals surface area contributed by atoms with Crippen LogP contribution in [0, 0.1) is 0 Å². The second-order valence-corrected chi connectivity index (χ2v) is 1.96. The normalized spacial score (nSPS) is 12.6. The summed E-state index contributed by atoms with van der Waals surface area (Å²) in [6.07, 6.45) is -2.94. The number of hydrogen-bond acceptors (Lipinski definition) is 6. The Morgan fingerprint density at radius 3 is 1.31 bits per heavy atom. The molecule has 74 valence electrons. The summed E-state index contributed by atoms with van der Waals surface area (Å²) in [6.45, 7) is 2.16. The number of carboxylic acid groups (broad SMARTS) is 2. The Morgan fingerprint density at radius 1 is 1.15 bits per heavy atom. The molecule has 2 atom stereocenters. The van der Waals surface area contributed by atoms with Crippen LogP contribution in [0.3, 0.4) is 0 Å². The van der Waals surface area contributed by atoms with E-state index in [1.807, 2.05) is 0 Å². The summed E-state index contributed by atoms with van der Waals surface area (Å²) in [7, 11) is 0. The number of hydrogen-bond donors (Lipinski definition) is 1. The fourth-order valence-corrected chi connectivity index (χ4v) is 0. The van der Waals surface area contributed by atoms with Crippen LogP contribution in [0.15, 0.2) is 0 Å². The summed E-state index contributed by atoms with van der Waals surface area (Å²) in [4.78, 5) is 18.6. The van der Waals surface area contributed by atoms with Gasteiger partial charge in [0.25, 0.3) is 0 Å². The quantitative estimate of drug-likeness (QED) is 0.476. The molecule has 0 aliphatic heterocycles. The van der Waals surface area contributed by atoms with Crippen molar-refractivity contribution < 1.29 is 30.0 Å². The predicted molar refractivity (Wildman–Crippen MR) is 36.9 cm³/mol. The van der Waals surface area contributed by atoms with Crippen LogP contribution >= 0.6 is 0 Å². The Morgan fingerprint density at radius 2 is 1.31 bits per heavy atom. The number of aliphatic carboxylic acids is 2. The Hall–Kier alpha value is -0.257. The summed E-state index contributed by atoms with van der Waals surface area (Å²) in [6, 6.07) is 0. The van der Waals surface area contributed by atoms with E-state index < -0.39 is 24.1 Å². The molecule has 0 unspecified atom stereocenters. The number of carbonyl (C=O) groups excluding carboxylic acids is 2. The predicted octanol–water partition coefficient (Wildman–Crippen LogP) is -4.78. The Balaban J connectivity index is -0.000000143. The largest absolute Gasteiger partial charge is 3.00 e. The molecular weight excluding hydrogens is 377 g/mol. The zero-order valence-electron chi connectivity index (χ0n) is 7.09. The molecule has 0 aliphatic rings. The first kappa shape index (κ1) is 18.5. The minimum atomic E-state index is -1.59. The van der Waals surface area contributed by atoms with Gasteiger partial charge in [-0.05, 0) is 6.92 Å². The van der Waals surface area contributed by atoms with Crippen LogP contribution in [0.5, 0.6) is 0 Å². The van der Waals surface area contributed by atoms with Crippen molar-refractivity contribution in [1.29, 1.82) is 0 Å². The molecule has 13 heavy (non-hydrogen) atoms. The molecule has 0 bridgehead atoms. The van der Waals surface area contributed by atoms with Crippen molar-refractivity contribution >= 4 is 38.1 Å². The van der Waals surface area contributed by atoms with Crippen molar-refractivity contribution in [3.8, 4) is 0 Å². The summed E-state index contributed by atoms with van der Waals surface area (Å²) in [5.41, 5.74) is 0. The van der Waals surface area contributed by atoms with Crippen molar-refractivity contribution in [3.05, 3.63) is 0 Å². The molecule has 0 saturated carbocycles. The van der Waals surface area contributed by atoms with Crippen LogP contribution in [0.2, 0.25) is 0 Å². The number of carboxylic acids is 2. The van der Waals surface area contributed by atoms with Crippen molar-refractivity contribution in [2.75, 3.05) is 0 Å². The summed E-state index contributed by atoms with van der Waals surface area (Å²) in [5, 5.41) is 36.1. The summed E-state index contributed by atoms with van der Waals surface area (Å²) in [5.74, 6) is -2.98. The van der Waals surface area contributed by atoms with Gasteiger partial charge in [-0.3, -0.25) is 0 Å². The topological polar surface area (TPSA) is 124 Å². The molecule has 0 fully saturated rings. The molecule has 2 radical (unpaired) electrons. The molecule has 0 spiro atoms. The molecule has 0 aromatic heterocycles. The smallest absolute Gasteiger partial charge is 0.848 e. The van der Waals surface area contributed by atoms with Gasteiger partial charge in [-0.1, -0.05) is 13.0 Å². The van der Waals surface area contributed by atoms with E-state index >= 15 is 0 Å². The number of aliphatic hydroxyl groups is 1. The van der Waals surface area contributed by atoms with Gasteiger partial charge in [-0.2, -0.15) is 0 Å². The molecule has 7 heteroatoms. The first-order valence-corrected chi connectivity index (χ1v) is 3.04. The van der Waals surface area contributed by atoms with Gasteiger partial charge in [-0.15, -0.1) is 0 Å². The van der Waals surface area contributed by atoms with Gasteiger partial charge in [0, 0.05) is 5.97 Å². The van der Waals surface area contributed by atoms with Crippen LogP contribution in [0.25, 0.3) is 0 Å². The Labute approximate surface area is 94.3 Å². The standard InChI is InChI=1S/C3H6O3.C3H5O3.Bi/c2*1-2(4)3(5)6;/h2,4H,1H3,(H,5,6);2H,1H3,(H,5,6);/q;-1;+3/p-2/t2*2-;/m00./s1. The van der Waals surface area contributed by atoms with E-state index in [2.05, 4.69) is 0 Å². The molecule has 0 aliphatic carbocycles. The molecule has 6 nitrogen and oxygen atoms in total. The zero-order chi connectivity index (χ0) is 10.3. The average molecular weight is 386 g/mol. The van der Waals surface area contributed by atoms with E-state index in [-0.39, 0.29) is 26.2 Å². The van der Waals surface area contributed by atoms with E-state index in [9.17, 15) is 24.9 Å². The fraction of sp³-hybridized carbons (Fsp3) is 0.667. The number of rotatable bonds is 2. The van der Waals surface area contributed by atoms with Crippen LogP contribution in [-0.4, -0.2) is 55.5 Å². The van der Waals surface area contributed by atoms with Gasteiger partial charge in [-0.25, -0.2) is 0 Å². The van der Waals surface area contributed by atoms with Crippen LogP contribution in [0.1, 0.15) is 13.8 Å². The van der Waals surface area contributed by atoms with E-state index in [1.54, 1.807) is 0 Å². The second-order valence-electron chi connectivity index (χ2n) is 1.96. The molecule has 0 rings (SSSR count). The average Bonchev–Trinajstić information content (AvgIpc) is 1.88. The maximum Gasteiger partial charge on any atom is 3.00 e. The Kier molecular flexibility index (Phi) is 14.0. The minimum Gasteiger partial charge on any atom is -0.848 e. The van der Waals surface area contributed by atoms with E-state index in [4.69, 9.17) is 5.11 Å². The van der Waals surface area contributed by atoms with Crippen molar-refractivity contribution in [2.24, 2.45) is 0 Å². The zero-order valence-corrected chi connectivity index (χ0v) is 10.6. The molecule has 0 heterocycles. The van der Waals surface area contributed by atoms with E-state index in [0.717, 1.165) is 13.8 Å². The summed E-state index contributed by atoms with van der Waals surface area (Å²) >= 11 is 0. The van der Waals surface area contributed by atoms with Crippen LogP contribution in [-0.2, 0) is 9.59 Å². The van der Waals surface area contributed by atoms with Gasteiger partial charge in [0.2, 0.25) is 0 Å². The molecule has 0 aromatic rings. The molecule has 0 amide bonds. The molecule has 1 N–H and O–H groups in total. The van der Waals surface area contributed by atoms with Gasteiger partial charge in [0.05, 0.1) is 12.1 Å². The maximum atomic E-state index is 9.56. The third-order valence-electron chi connectivity index (χ3n) is 0.673. The monoisotopic (exact) mass is 386 g/mol. The van der Waals surface area contributed by atoms with Gasteiger partial charge in [0.15, 0.2) is 0 Å². The fourth-order valence-electron chi connectivity index (χ4n) is 0. The van der Waals surface area contributed by atoms with Crippen LogP contribution < -0.4 is 15.3 Å². The SMILES string of the molecule is C[C@H](O)C(=O)[O-].C[C@H]([O-])C(=O)[O-].[Bi+3]. The Bertz CT molecular complexity index is 137. The second kappa shape index (κ2) is 9.83. The van der Waals surface area contributed by atoms with Gasteiger partial charge >= 0.3 is 26.2 Å². The third-order valence-corrected chi connectivity index (χ3v) is 0.673. The molecular formula is C6H9BiO6. The number of aliphatic hydroxyl groups excluding tert-OH is 1. The van der Waals surface area contributed by atoms with Gasteiger partial charge in [0.1, 0.15) is 0 Å². The van der Waals surface area contributed by atoms with Crippen molar-refractivity contribution in [2.45, 2.75) is 26.1 Å². The van der Waals surface area contributed by atoms with Crippen LogP contribution in [0.4, 0.5) is 0 Å².